The Morgan fingerprint density at radius 1 is 1.19 bits per heavy atom. The van der Waals surface area contributed by atoms with E-state index in [1.165, 1.54) is 26.4 Å². The lowest BCUT2D eigenvalue weighted by Crippen LogP contribution is -2.38. The molecule has 9 heteroatoms. The Morgan fingerprint density at radius 3 is 2.72 bits per heavy atom. The normalized spacial score (nSPS) is 16.4. The van der Waals surface area contributed by atoms with Crippen LogP contribution in [0.3, 0.4) is 0 Å². The first-order valence-electron chi connectivity index (χ1n) is 12.2. The van der Waals surface area contributed by atoms with Crippen LogP contribution in [0.15, 0.2) is 30.3 Å². The van der Waals surface area contributed by atoms with Crippen molar-refractivity contribution >= 4 is 23.6 Å². The second-order valence-electron chi connectivity index (χ2n) is 8.89. The predicted octanol–water partition coefficient (Wildman–Crippen LogP) is 4.70. The van der Waals surface area contributed by atoms with Crippen molar-refractivity contribution in [3.63, 3.8) is 0 Å². The van der Waals surface area contributed by atoms with E-state index in [4.69, 9.17) is 4.74 Å². The summed E-state index contributed by atoms with van der Waals surface area (Å²) < 4.78 is 27.0. The number of esters is 1. The molecule has 3 aromatic rings. The third-order valence-electron chi connectivity index (χ3n) is 6.60. The SMILES string of the molecule is CCc1cc(C(=O)N2CCCCC[C@H]2C)nc2cc(-c3ccc(/C=C/C(=O)OC)c(OC)c3F)nn12. The van der Waals surface area contributed by atoms with Crippen molar-refractivity contribution in [2.45, 2.75) is 52.0 Å². The smallest absolute Gasteiger partial charge is 0.330 e. The van der Waals surface area contributed by atoms with Gasteiger partial charge in [0.25, 0.3) is 5.91 Å². The summed E-state index contributed by atoms with van der Waals surface area (Å²) in [7, 11) is 2.63. The minimum Gasteiger partial charge on any atom is -0.493 e. The quantitative estimate of drug-likeness (QED) is 0.365. The molecular weight excluding hydrogens is 463 g/mol. The fourth-order valence-corrected chi connectivity index (χ4v) is 4.59. The van der Waals surface area contributed by atoms with Gasteiger partial charge in [0.15, 0.2) is 17.2 Å². The van der Waals surface area contributed by atoms with Crippen LogP contribution in [0.1, 0.15) is 61.3 Å². The molecule has 1 amide bonds. The maximum absolute atomic E-state index is 15.5. The van der Waals surface area contributed by atoms with Crippen molar-refractivity contribution in [3.05, 3.63) is 53.1 Å². The second kappa shape index (κ2) is 10.9. The van der Waals surface area contributed by atoms with Crippen molar-refractivity contribution in [1.82, 2.24) is 19.5 Å². The first kappa shape index (κ1) is 25.3. The van der Waals surface area contributed by atoms with Gasteiger partial charge in [-0.1, -0.05) is 25.8 Å². The number of hydrogen-bond acceptors (Lipinski definition) is 6. The Hall–Kier alpha value is -3.75. The first-order chi connectivity index (χ1) is 17.4. The summed E-state index contributed by atoms with van der Waals surface area (Å²) in [5.41, 5.74) is 2.64. The molecule has 2 aromatic heterocycles. The molecule has 36 heavy (non-hydrogen) atoms. The standard InChI is InChI=1S/C27H31FN4O4/c1-5-19-15-22(27(34)31-14-8-6-7-9-17(31)2)29-23-16-21(30-32(19)23)20-12-10-18(11-13-24(33)35-3)26(36-4)25(20)28/h10-13,15-17H,5-9,14H2,1-4H3/b13-11+/t17-/m1/s1. The van der Waals surface area contributed by atoms with Gasteiger partial charge in [-0.25, -0.2) is 18.7 Å². The van der Waals surface area contributed by atoms with Gasteiger partial charge in [0.1, 0.15) is 5.69 Å². The lowest BCUT2D eigenvalue weighted by molar-refractivity contribution is -0.134. The molecule has 1 atom stereocenters. The summed E-state index contributed by atoms with van der Waals surface area (Å²) in [5.74, 6) is -1.26. The number of nitrogens with zero attached hydrogens (tertiary/aromatic N) is 4. The zero-order valence-electron chi connectivity index (χ0n) is 21.1. The lowest BCUT2D eigenvalue weighted by Gasteiger charge is -2.27. The fraction of sp³-hybridized carbons (Fsp3) is 0.407. The second-order valence-corrected chi connectivity index (χ2v) is 8.89. The van der Waals surface area contributed by atoms with Gasteiger partial charge in [-0.3, -0.25) is 4.79 Å². The van der Waals surface area contributed by atoms with Crippen LogP contribution in [-0.2, 0) is 16.0 Å². The van der Waals surface area contributed by atoms with Gasteiger partial charge in [-0.2, -0.15) is 5.10 Å². The van der Waals surface area contributed by atoms with Crippen molar-refractivity contribution in [2.75, 3.05) is 20.8 Å². The topological polar surface area (TPSA) is 86.0 Å². The largest absolute Gasteiger partial charge is 0.493 e. The Labute approximate surface area is 209 Å². The van der Waals surface area contributed by atoms with E-state index in [1.54, 1.807) is 28.8 Å². The minimum atomic E-state index is -0.610. The van der Waals surface area contributed by atoms with Crippen molar-refractivity contribution in [3.8, 4) is 17.0 Å². The number of amides is 1. The number of ether oxygens (including phenoxy) is 2. The zero-order valence-corrected chi connectivity index (χ0v) is 21.1. The number of benzene rings is 1. The van der Waals surface area contributed by atoms with E-state index >= 15 is 4.39 Å². The average molecular weight is 495 g/mol. The molecule has 3 heterocycles. The summed E-state index contributed by atoms with van der Waals surface area (Å²) in [6.07, 6.45) is 7.47. The molecule has 0 saturated carbocycles. The highest BCUT2D eigenvalue weighted by Gasteiger charge is 2.26. The number of carbonyl (C=O) groups excluding carboxylic acids is 2. The van der Waals surface area contributed by atoms with E-state index in [2.05, 4.69) is 21.7 Å². The Balaban J connectivity index is 1.74. The molecule has 0 unspecified atom stereocenters. The summed E-state index contributed by atoms with van der Waals surface area (Å²) in [5, 5.41) is 4.59. The molecule has 0 N–H and O–H groups in total. The average Bonchev–Trinajstić information content (AvgIpc) is 3.20. The Kier molecular flexibility index (Phi) is 7.67. The van der Waals surface area contributed by atoms with Crippen LogP contribution in [-0.4, -0.2) is 58.2 Å². The molecule has 0 aliphatic carbocycles. The number of aromatic nitrogens is 3. The molecule has 0 bridgehead atoms. The molecule has 1 aromatic carbocycles. The molecule has 1 aliphatic rings. The molecule has 0 radical (unpaired) electrons. The fourth-order valence-electron chi connectivity index (χ4n) is 4.59. The number of carbonyl (C=O) groups is 2. The van der Waals surface area contributed by atoms with Crippen LogP contribution in [0, 0.1) is 5.82 Å². The highest BCUT2D eigenvalue weighted by Crippen LogP contribution is 2.33. The van der Waals surface area contributed by atoms with E-state index in [1.807, 2.05) is 11.8 Å². The van der Waals surface area contributed by atoms with Crippen molar-refractivity contribution in [1.29, 1.82) is 0 Å². The van der Waals surface area contributed by atoms with Gasteiger partial charge >= 0.3 is 5.97 Å². The van der Waals surface area contributed by atoms with E-state index in [0.717, 1.165) is 37.9 Å². The van der Waals surface area contributed by atoms with Gasteiger partial charge in [-0.05, 0) is 44.4 Å². The van der Waals surface area contributed by atoms with Gasteiger partial charge in [-0.15, -0.1) is 0 Å². The zero-order chi connectivity index (χ0) is 25.8. The Morgan fingerprint density at radius 2 is 2.00 bits per heavy atom. The maximum atomic E-state index is 15.5. The van der Waals surface area contributed by atoms with Crippen LogP contribution in [0.5, 0.6) is 5.75 Å². The van der Waals surface area contributed by atoms with Crippen LogP contribution >= 0.6 is 0 Å². The summed E-state index contributed by atoms with van der Waals surface area (Å²) >= 11 is 0. The monoisotopic (exact) mass is 494 g/mol. The molecule has 190 valence electrons. The van der Waals surface area contributed by atoms with Gasteiger partial charge in [0.2, 0.25) is 0 Å². The predicted molar refractivity (Wildman–Crippen MR) is 134 cm³/mol. The maximum Gasteiger partial charge on any atom is 0.330 e. The van der Waals surface area contributed by atoms with E-state index in [-0.39, 0.29) is 23.3 Å². The van der Waals surface area contributed by atoms with Crippen molar-refractivity contribution < 1.29 is 23.5 Å². The summed E-state index contributed by atoms with van der Waals surface area (Å²) in [6.45, 7) is 4.78. The third kappa shape index (κ3) is 4.96. The first-order valence-corrected chi connectivity index (χ1v) is 12.2. The van der Waals surface area contributed by atoms with E-state index in [0.29, 0.717) is 29.0 Å². The number of hydrogen-bond donors (Lipinski definition) is 0. The summed E-state index contributed by atoms with van der Waals surface area (Å²) in [4.78, 5) is 31.3. The summed E-state index contributed by atoms with van der Waals surface area (Å²) in [6, 6.07) is 6.83. The van der Waals surface area contributed by atoms with Crippen LogP contribution < -0.4 is 4.74 Å². The number of methoxy groups -OCH3 is 2. The minimum absolute atomic E-state index is 0.0144. The lowest BCUT2D eigenvalue weighted by atomic mass is 10.1. The number of likely N-dealkylation sites (tertiary alicyclic amines) is 1. The number of halogens is 1. The van der Waals surface area contributed by atoms with Gasteiger partial charge < -0.3 is 14.4 Å². The molecule has 1 aliphatic heterocycles. The number of rotatable bonds is 6. The van der Waals surface area contributed by atoms with Crippen LogP contribution in [0.4, 0.5) is 4.39 Å². The van der Waals surface area contributed by atoms with Crippen LogP contribution in [0.25, 0.3) is 23.0 Å². The molecule has 1 fully saturated rings. The number of fused-ring (bicyclic) bond motifs is 1. The molecule has 1 saturated heterocycles. The van der Waals surface area contributed by atoms with Crippen molar-refractivity contribution in [2.24, 2.45) is 0 Å². The molecule has 4 rings (SSSR count). The highest BCUT2D eigenvalue weighted by molar-refractivity contribution is 5.93. The van der Waals surface area contributed by atoms with Crippen LogP contribution in [0.2, 0.25) is 0 Å². The molecular formula is C27H31FN4O4. The Bertz CT molecular complexity index is 1320. The van der Waals surface area contributed by atoms with Gasteiger partial charge in [0, 0.05) is 41.5 Å². The van der Waals surface area contributed by atoms with E-state index < -0.39 is 11.8 Å². The number of aryl methyl sites for hydroxylation is 1. The molecule has 0 spiro atoms. The van der Waals surface area contributed by atoms with Gasteiger partial charge in [0.05, 0.1) is 19.9 Å². The third-order valence-corrected chi connectivity index (χ3v) is 6.60. The van der Waals surface area contributed by atoms with E-state index in [9.17, 15) is 9.59 Å². The molecule has 8 nitrogen and oxygen atoms in total. The highest BCUT2D eigenvalue weighted by atomic mass is 19.1.